The highest BCUT2D eigenvalue weighted by atomic mass is 32.2. The van der Waals surface area contributed by atoms with Crippen LogP contribution in [0, 0.1) is 5.92 Å². The van der Waals surface area contributed by atoms with Crippen LogP contribution in [-0.2, 0) is 28.1 Å². The van der Waals surface area contributed by atoms with E-state index in [0.29, 0.717) is 12.0 Å². The number of hydrogen-bond acceptors (Lipinski definition) is 8. The molecule has 8 heteroatoms. The van der Waals surface area contributed by atoms with E-state index in [1.165, 1.54) is 33.6 Å². The minimum Gasteiger partial charge on any atom is -0.381 e. The Morgan fingerprint density at radius 2 is 1.97 bits per heavy atom. The Kier molecular flexibility index (Phi) is 7.02. The summed E-state index contributed by atoms with van der Waals surface area (Å²) in [6.07, 6.45) is 4.71. The van der Waals surface area contributed by atoms with Gasteiger partial charge in [-0.1, -0.05) is 18.2 Å². The van der Waals surface area contributed by atoms with Gasteiger partial charge in [0.05, 0.1) is 31.0 Å². The van der Waals surface area contributed by atoms with Gasteiger partial charge in [-0.05, 0) is 43.4 Å². The number of anilines is 1. The first-order valence-electron chi connectivity index (χ1n) is 12.5. The second kappa shape index (κ2) is 10.5. The summed E-state index contributed by atoms with van der Waals surface area (Å²) in [6, 6.07) is 11.0. The number of aryl methyl sites for hydroxylation is 2. The van der Waals surface area contributed by atoms with Crippen molar-refractivity contribution in [2.24, 2.45) is 5.92 Å². The normalized spacial score (nSPS) is 21.7. The summed E-state index contributed by atoms with van der Waals surface area (Å²) in [6.45, 7) is 6.25. The predicted molar refractivity (Wildman–Crippen MR) is 139 cm³/mol. The first-order chi connectivity index (χ1) is 16.8. The van der Waals surface area contributed by atoms with Crippen LogP contribution in [0.1, 0.15) is 29.1 Å². The fourth-order valence-corrected chi connectivity index (χ4v) is 7.51. The van der Waals surface area contributed by atoms with Crippen LogP contribution in [0.15, 0.2) is 35.2 Å². The molecule has 1 aliphatic carbocycles. The van der Waals surface area contributed by atoms with Crippen LogP contribution in [0.2, 0.25) is 0 Å². The standard InChI is InChI=1S/C26H32N4O2S2/c1-2-5-19(6-3-1)33-17-23-28-25(24-20-7-4-8-22(20)34-26(24)29-23)27-15-21(18-9-12-32-16-18)30-10-13-31-14-11-30/h1-3,5-6,18,21H,4,7-17H2,(H,27,28,29)/t18-,21-/m1/s1. The van der Waals surface area contributed by atoms with E-state index in [-0.39, 0.29) is 0 Å². The molecule has 0 radical (unpaired) electrons. The van der Waals surface area contributed by atoms with Crippen LogP contribution in [0.4, 0.5) is 5.82 Å². The van der Waals surface area contributed by atoms with Crippen LogP contribution in [0.5, 0.6) is 0 Å². The smallest absolute Gasteiger partial charge is 0.142 e. The lowest BCUT2D eigenvalue weighted by molar-refractivity contribution is 0.00460. The summed E-state index contributed by atoms with van der Waals surface area (Å²) in [7, 11) is 0. The van der Waals surface area contributed by atoms with E-state index in [1.807, 2.05) is 11.3 Å². The molecular weight excluding hydrogens is 464 g/mol. The topological polar surface area (TPSA) is 59.5 Å². The van der Waals surface area contributed by atoms with E-state index in [2.05, 4.69) is 40.5 Å². The molecule has 0 spiro atoms. The van der Waals surface area contributed by atoms with Crippen molar-refractivity contribution in [3.8, 4) is 0 Å². The van der Waals surface area contributed by atoms with Gasteiger partial charge in [0.25, 0.3) is 0 Å². The lowest BCUT2D eigenvalue weighted by Crippen LogP contribution is -2.50. The number of hydrogen-bond donors (Lipinski definition) is 1. The first-order valence-corrected chi connectivity index (χ1v) is 14.3. The Hall–Kier alpha value is -1.71. The maximum Gasteiger partial charge on any atom is 0.142 e. The van der Waals surface area contributed by atoms with Gasteiger partial charge in [0.15, 0.2) is 0 Å². The zero-order valence-corrected chi connectivity index (χ0v) is 21.1. The maximum atomic E-state index is 5.78. The number of aromatic nitrogens is 2. The largest absolute Gasteiger partial charge is 0.381 e. The highest BCUT2D eigenvalue weighted by Gasteiger charge is 2.32. The van der Waals surface area contributed by atoms with E-state index in [0.717, 1.165) is 81.1 Å². The molecule has 0 amide bonds. The summed E-state index contributed by atoms with van der Waals surface area (Å²) in [5.74, 6) is 3.28. The highest BCUT2D eigenvalue weighted by Crippen LogP contribution is 2.40. The molecule has 2 saturated heterocycles. The summed E-state index contributed by atoms with van der Waals surface area (Å²) in [5, 5.41) is 5.10. The van der Waals surface area contributed by atoms with Crippen molar-refractivity contribution in [2.45, 2.75) is 42.4 Å². The molecule has 0 unspecified atom stereocenters. The van der Waals surface area contributed by atoms with Crippen molar-refractivity contribution in [1.82, 2.24) is 14.9 Å². The number of fused-ring (bicyclic) bond motifs is 3. The molecule has 2 aromatic heterocycles. The first kappa shape index (κ1) is 22.7. The molecule has 3 aliphatic rings. The summed E-state index contributed by atoms with van der Waals surface area (Å²) in [5.41, 5.74) is 1.48. The SMILES string of the molecule is c1ccc(SCc2nc(NC[C@H]([C@@H]3CCOC3)N3CCOCC3)c3c4c(sc3n2)CCC4)cc1. The van der Waals surface area contributed by atoms with Crippen molar-refractivity contribution in [2.75, 3.05) is 51.4 Å². The van der Waals surface area contributed by atoms with Gasteiger partial charge in [-0.15, -0.1) is 23.1 Å². The molecule has 1 aromatic carbocycles. The van der Waals surface area contributed by atoms with Gasteiger partial charge in [-0.25, -0.2) is 9.97 Å². The molecule has 3 aromatic rings. The molecule has 4 heterocycles. The highest BCUT2D eigenvalue weighted by molar-refractivity contribution is 7.98. The number of ether oxygens (including phenoxy) is 2. The lowest BCUT2D eigenvalue weighted by atomic mass is 9.97. The predicted octanol–water partition coefficient (Wildman–Crippen LogP) is 4.62. The fourth-order valence-electron chi connectivity index (χ4n) is 5.46. The molecule has 2 atom stereocenters. The monoisotopic (exact) mass is 496 g/mol. The quantitative estimate of drug-likeness (QED) is 0.457. The van der Waals surface area contributed by atoms with Gasteiger partial charge in [0, 0.05) is 48.0 Å². The molecule has 2 fully saturated rings. The van der Waals surface area contributed by atoms with Gasteiger partial charge >= 0.3 is 0 Å². The lowest BCUT2D eigenvalue weighted by Gasteiger charge is -2.37. The molecule has 1 N–H and O–H groups in total. The third kappa shape index (κ3) is 4.84. The number of nitrogens with one attached hydrogen (secondary N) is 1. The van der Waals surface area contributed by atoms with Crippen molar-refractivity contribution < 1.29 is 9.47 Å². The van der Waals surface area contributed by atoms with E-state index in [9.17, 15) is 0 Å². The number of morpholine rings is 1. The summed E-state index contributed by atoms with van der Waals surface area (Å²) < 4.78 is 11.4. The van der Waals surface area contributed by atoms with Crippen molar-refractivity contribution in [3.63, 3.8) is 0 Å². The molecular formula is C26H32N4O2S2. The van der Waals surface area contributed by atoms with Crippen LogP contribution in [0.3, 0.4) is 0 Å². The molecule has 6 nitrogen and oxygen atoms in total. The van der Waals surface area contributed by atoms with E-state index in [1.54, 1.807) is 11.8 Å². The number of rotatable bonds is 8. The number of thiophene rings is 1. The average Bonchev–Trinajstić information content (AvgIpc) is 3.62. The fraction of sp³-hybridized carbons (Fsp3) is 0.538. The third-order valence-electron chi connectivity index (χ3n) is 7.22. The number of benzene rings is 1. The summed E-state index contributed by atoms with van der Waals surface area (Å²) in [4.78, 5) is 16.6. The number of nitrogens with zero attached hydrogens (tertiary/aromatic N) is 3. The molecule has 6 rings (SSSR count). The molecule has 0 bridgehead atoms. The molecule has 0 saturated carbocycles. The van der Waals surface area contributed by atoms with Crippen LogP contribution in [0.25, 0.3) is 10.2 Å². The minimum absolute atomic E-state index is 0.435. The van der Waals surface area contributed by atoms with Crippen LogP contribution in [-0.4, -0.2) is 67.0 Å². The van der Waals surface area contributed by atoms with E-state index < -0.39 is 0 Å². The van der Waals surface area contributed by atoms with Gasteiger partial charge in [0.2, 0.25) is 0 Å². The zero-order valence-electron chi connectivity index (χ0n) is 19.5. The van der Waals surface area contributed by atoms with Gasteiger partial charge in [-0.3, -0.25) is 4.90 Å². The van der Waals surface area contributed by atoms with Crippen molar-refractivity contribution in [3.05, 3.63) is 46.6 Å². The minimum atomic E-state index is 0.435. The summed E-state index contributed by atoms with van der Waals surface area (Å²) >= 11 is 3.68. The molecule has 180 valence electrons. The average molecular weight is 497 g/mol. The van der Waals surface area contributed by atoms with Gasteiger partial charge in [-0.2, -0.15) is 0 Å². The Morgan fingerprint density at radius 1 is 1.09 bits per heavy atom. The Morgan fingerprint density at radius 3 is 2.79 bits per heavy atom. The maximum absolute atomic E-state index is 5.78. The van der Waals surface area contributed by atoms with Crippen LogP contribution < -0.4 is 5.32 Å². The molecule has 2 aliphatic heterocycles. The van der Waals surface area contributed by atoms with Gasteiger partial charge in [0.1, 0.15) is 16.5 Å². The van der Waals surface area contributed by atoms with Crippen molar-refractivity contribution in [1.29, 1.82) is 0 Å². The van der Waals surface area contributed by atoms with Crippen molar-refractivity contribution >= 4 is 39.1 Å². The van der Waals surface area contributed by atoms with Gasteiger partial charge < -0.3 is 14.8 Å². The zero-order chi connectivity index (χ0) is 22.7. The van der Waals surface area contributed by atoms with Crippen LogP contribution >= 0.6 is 23.1 Å². The Bertz CT molecular complexity index is 1110. The molecule has 34 heavy (non-hydrogen) atoms. The van der Waals surface area contributed by atoms with E-state index in [4.69, 9.17) is 19.4 Å². The Labute approximate surface area is 209 Å². The number of thioether (sulfide) groups is 1. The second-order valence-corrected chi connectivity index (χ2v) is 11.5. The second-order valence-electron chi connectivity index (χ2n) is 9.35. The third-order valence-corrected chi connectivity index (χ3v) is 9.42. The van der Waals surface area contributed by atoms with E-state index >= 15 is 0 Å². The Balaban J connectivity index is 1.27.